The number of carbonyl (C=O) groups excluding carboxylic acids is 2. The van der Waals surface area contributed by atoms with Crippen molar-refractivity contribution in [2.75, 3.05) is 11.9 Å². The molecule has 0 radical (unpaired) electrons. The highest BCUT2D eigenvalue weighted by Gasteiger charge is 2.41. The molecular formula is C25H25N3O3. The summed E-state index contributed by atoms with van der Waals surface area (Å²) >= 11 is 0. The lowest BCUT2D eigenvalue weighted by molar-refractivity contribution is -0.139. The average Bonchev–Trinajstić information content (AvgIpc) is 3.18. The third kappa shape index (κ3) is 3.02. The van der Waals surface area contributed by atoms with Crippen molar-refractivity contribution >= 4 is 28.4 Å². The summed E-state index contributed by atoms with van der Waals surface area (Å²) in [7, 11) is 0. The van der Waals surface area contributed by atoms with Crippen LogP contribution < -0.4 is 5.32 Å². The Bertz CT molecular complexity index is 1250. The maximum Gasteiger partial charge on any atom is 0.259 e. The first-order valence-corrected chi connectivity index (χ1v) is 10.6. The zero-order chi connectivity index (χ0) is 21.9. The van der Waals surface area contributed by atoms with Gasteiger partial charge in [-0.25, -0.2) is 0 Å². The highest BCUT2D eigenvalue weighted by atomic mass is 16.3. The Balaban J connectivity index is 1.79. The van der Waals surface area contributed by atoms with Crippen molar-refractivity contribution in [2.45, 2.75) is 33.2 Å². The molecule has 1 atom stereocenters. The van der Waals surface area contributed by atoms with Gasteiger partial charge in [-0.1, -0.05) is 32.0 Å². The van der Waals surface area contributed by atoms with Gasteiger partial charge in [0.15, 0.2) is 0 Å². The zero-order valence-electron chi connectivity index (χ0n) is 17.8. The summed E-state index contributed by atoms with van der Waals surface area (Å²) in [6.45, 7) is 6.89. The van der Waals surface area contributed by atoms with Crippen LogP contribution in [0.5, 0.6) is 5.75 Å². The van der Waals surface area contributed by atoms with Crippen LogP contribution in [0.25, 0.3) is 10.9 Å². The Morgan fingerprint density at radius 1 is 1.19 bits per heavy atom. The maximum atomic E-state index is 13.4. The van der Waals surface area contributed by atoms with E-state index in [4.69, 9.17) is 0 Å². The predicted octanol–water partition coefficient (Wildman–Crippen LogP) is 4.20. The van der Waals surface area contributed by atoms with E-state index < -0.39 is 0 Å². The Morgan fingerprint density at radius 3 is 2.61 bits per heavy atom. The number of aromatic nitrogens is 1. The molecule has 3 aromatic rings. The van der Waals surface area contributed by atoms with Crippen molar-refractivity contribution in [3.05, 3.63) is 71.1 Å². The minimum Gasteiger partial charge on any atom is -0.508 e. The number of carbonyl (C=O) groups is 2. The fourth-order valence-electron chi connectivity index (χ4n) is 4.83. The predicted molar refractivity (Wildman–Crippen MR) is 120 cm³/mol. The van der Waals surface area contributed by atoms with Crippen LogP contribution in [0.4, 0.5) is 5.69 Å². The smallest absolute Gasteiger partial charge is 0.259 e. The van der Waals surface area contributed by atoms with Gasteiger partial charge < -0.3 is 15.0 Å². The van der Waals surface area contributed by atoms with E-state index in [1.165, 1.54) is 11.8 Å². The van der Waals surface area contributed by atoms with E-state index in [0.717, 1.165) is 40.0 Å². The van der Waals surface area contributed by atoms with Crippen molar-refractivity contribution in [2.24, 2.45) is 5.92 Å². The number of hydrogen-bond acceptors (Lipinski definition) is 4. The van der Waals surface area contributed by atoms with Crippen molar-refractivity contribution in [1.29, 1.82) is 0 Å². The number of aromatic hydroxyl groups is 1. The third-order valence-electron chi connectivity index (χ3n) is 6.11. The van der Waals surface area contributed by atoms with E-state index in [1.54, 1.807) is 12.1 Å². The number of hydrogen-bond donors (Lipinski definition) is 2. The summed E-state index contributed by atoms with van der Waals surface area (Å²) in [6.07, 6.45) is 2.15. The minimum absolute atomic E-state index is 0.177. The standard InChI is InChI=1S/C25H25N3O3/c1-14(2)11-27-12-18-22(16-7-9-17(30)10-8-16)24-20(13-28(15(3)29)25(24)31)26-19-5-4-6-21(27)23(18)19/h4-10,12,14,22,26,30H,11,13H2,1-3H3. The zero-order valence-corrected chi connectivity index (χ0v) is 17.8. The second-order valence-corrected chi connectivity index (χ2v) is 8.78. The number of nitrogens with zero attached hydrogens (tertiary/aromatic N) is 2. The van der Waals surface area contributed by atoms with Crippen LogP contribution in [0.2, 0.25) is 0 Å². The monoisotopic (exact) mass is 415 g/mol. The van der Waals surface area contributed by atoms with Gasteiger partial charge in [-0.3, -0.25) is 14.5 Å². The van der Waals surface area contributed by atoms with Gasteiger partial charge in [0.25, 0.3) is 5.91 Å². The Morgan fingerprint density at radius 2 is 1.94 bits per heavy atom. The van der Waals surface area contributed by atoms with Gasteiger partial charge in [-0.05, 0) is 41.3 Å². The Hall–Kier alpha value is -3.54. The molecule has 0 spiro atoms. The molecule has 0 saturated carbocycles. The quantitative estimate of drug-likeness (QED) is 0.672. The second-order valence-electron chi connectivity index (χ2n) is 8.78. The molecule has 6 heteroatoms. The molecule has 158 valence electrons. The molecule has 5 rings (SSSR count). The summed E-state index contributed by atoms with van der Waals surface area (Å²) in [5.41, 5.74) is 5.37. The lowest BCUT2D eigenvalue weighted by Crippen LogP contribution is -2.33. The minimum atomic E-state index is -0.334. The summed E-state index contributed by atoms with van der Waals surface area (Å²) < 4.78 is 2.25. The number of phenols is 1. The van der Waals surface area contributed by atoms with Crippen LogP contribution in [0, 0.1) is 5.92 Å². The van der Waals surface area contributed by atoms with Crippen molar-refractivity contribution in [1.82, 2.24) is 9.47 Å². The lowest BCUT2D eigenvalue weighted by atomic mass is 9.84. The van der Waals surface area contributed by atoms with Gasteiger partial charge in [0.05, 0.1) is 17.6 Å². The van der Waals surface area contributed by atoms with Crippen molar-refractivity contribution in [3.63, 3.8) is 0 Å². The topological polar surface area (TPSA) is 74.6 Å². The fourth-order valence-corrected chi connectivity index (χ4v) is 4.83. The summed E-state index contributed by atoms with van der Waals surface area (Å²) in [4.78, 5) is 26.8. The molecule has 1 unspecified atom stereocenters. The molecule has 0 fully saturated rings. The van der Waals surface area contributed by atoms with Gasteiger partial charge >= 0.3 is 0 Å². The molecule has 2 aliphatic heterocycles. The molecule has 0 saturated heterocycles. The van der Waals surface area contributed by atoms with Crippen molar-refractivity contribution < 1.29 is 14.7 Å². The van der Waals surface area contributed by atoms with Gasteiger partial charge in [-0.15, -0.1) is 0 Å². The van der Waals surface area contributed by atoms with E-state index in [0.29, 0.717) is 11.5 Å². The highest BCUT2D eigenvalue weighted by molar-refractivity contribution is 6.11. The largest absolute Gasteiger partial charge is 0.508 e. The number of imide groups is 1. The summed E-state index contributed by atoms with van der Waals surface area (Å²) in [5, 5.41) is 14.4. The molecule has 2 N–H and O–H groups in total. The first-order valence-electron chi connectivity index (χ1n) is 10.6. The number of rotatable bonds is 3. The molecule has 6 nitrogen and oxygen atoms in total. The molecule has 2 aromatic carbocycles. The number of anilines is 1. The Labute approximate surface area is 180 Å². The molecule has 2 aliphatic rings. The van der Waals surface area contributed by atoms with Crippen LogP contribution in [0.15, 0.2) is 59.9 Å². The first-order chi connectivity index (χ1) is 14.8. The van der Waals surface area contributed by atoms with Crippen LogP contribution in [0.1, 0.15) is 37.8 Å². The van der Waals surface area contributed by atoms with Crippen LogP contribution in [0.3, 0.4) is 0 Å². The van der Waals surface area contributed by atoms with E-state index in [2.05, 4.69) is 36.0 Å². The normalized spacial score (nSPS) is 17.9. The Kier molecular flexibility index (Phi) is 4.39. The van der Waals surface area contributed by atoms with Crippen LogP contribution in [-0.2, 0) is 16.1 Å². The van der Waals surface area contributed by atoms with E-state index in [9.17, 15) is 14.7 Å². The second kappa shape index (κ2) is 7.01. The van der Waals surface area contributed by atoms with Crippen LogP contribution in [-0.4, -0.2) is 32.9 Å². The molecule has 3 heterocycles. The molecule has 2 amide bonds. The van der Waals surface area contributed by atoms with E-state index in [1.807, 2.05) is 24.3 Å². The maximum absolute atomic E-state index is 13.4. The third-order valence-corrected chi connectivity index (χ3v) is 6.11. The van der Waals surface area contributed by atoms with E-state index >= 15 is 0 Å². The fraction of sp³-hybridized carbons (Fsp3) is 0.280. The molecular weight excluding hydrogens is 390 g/mol. The molecule has 1 aromatic heterocycles. The van der Waals surface area contributed by atoms with Gasteiger partial charge in [0.2, 0.25) is 5.91 Å². The van der Waals surface area contributed by atoms with Gasteiger partial charge in [-0.2, -0.15) is 0 Å². The van der Waals surface area contributed by atoms with E-state index in [-0.39, 0.29) is 30.0 Å². The number of benzene rings is 2. The molecule has 0 aliphatic carbocycles. The molecule has 0 bridgehead atoms. The number of phenolic OH excluding ortho intramolecular Hbond substituents is 1. The number of amides is 2. The number of nitrogens with one attached hydrogen (secondary N) is 1. The SMILES string of the molecule is CC(=O)N1CC2=C(C1=O)C(c1ccc(O)cc1)c1cn(CC(C)C)c3cccc(c13)N2. The summed E-state index contributed by atoms with van der Waals surface area (Å²) in [5.74, 6) is -0.216. The van der Waals surface area contributed by atoms with Gasteiger partial charge in [0.1, 0.15) is 5.75 Å². The first kappa shape index (κ1) is 19.4. The average molecular weight is 415 g/mol. The molecule has 31 heavy (non-hydrogen) atoms. The van der Waals surface area contributed by atoms with Crippen molar-refractivity contribution in [3.8, 4) is 5.75 Å². The lowest BCUT2D eigenvalue weighted by Gasteiger charge is -2.19. The van der Waals surface area contributed by atoms with Gasteiger partial charge in [0, 0.05) is 42.4 Å². The van der Waals surface area contributed by atoms with Crippen LogP contribution >= 0.6 is 0 Å². The highest BCUT2D eigenvalue weighted by Crippen LogP contribution is 2.46. The summed E-state index contributed by atoms with van der Waals surface area (Å²) in [6, 6.07) is 13.2.